The third kappa shape index (κ3) is 8.52. The summed E-state index contributed by atoms with van der Waals surface area (Å²) in [5.41, 5.74) is 27.6. The highest BCUT2D eigenvalue weighted by molar-refractivity contribution is 7.26. The maximum absolute atomic E-state index is 2.69. The predicted molar refractivity (Wildman–Crippen MR) is 413 cm³/mol. The molecule has 15 aromatic carbocycles. The molecule has 0 radical (unpaired) electrons. The highest BCUT2D eigenvalue weighted by atomic mass is 32.1. The first-order chi connectivity index (χ1) is 47.6. The minimum absolute atomic E-state index is 0.220. The molecule has 6 heteroatoms. The Hall–Kier alpha value is -11.8. The zero-order valence-electron chi connectivity index (χ0n) is 52.1. The molecule has 446 valence electrons. The number of thiophene rings is 2. The predicted octanol–water partition coefficient (Wildman–Crippen LogP) is 23.6. The van der Waals surface area contributed by atoms with Crippen LogP contribution in [-0.4, -0.2) is 11.3 Å². The molecule has 0 spiro atoms. The van der Waals surface area contributed by atoms with Crippen molar-refractivity contribution < 1.29 is 0 Å². The molecular formula is C90H56BN3S2. The van der Waals surface area contributed by atoms with Gasteiger partial charge < -0.3 is 14.4 Å². The van der Waals surface area contributed by atoms with Gasteiger partial charge in [0.15, 0.2) is 0 Å². The van der Waals surface area contributed by atoms with Gasteiger partial charge in [-0.2, -0.15) is 0 Å². The highest BCUT2D eigenvalue weighted by Gasteiger charge is 2.46. The van der Waals surface area contributed by atoms with Crippen molar-refractivity contribution in [1.29, 1.82) is 0 Å². The SMILES string of the molecule is c1ccc(-c2cccc(-c3ccccc3)c2N2c3cc(-c4ccc5sc6ccccc6c5c4)ccc3B3c4ccc(-c5ccc6sc7ccccc7c6c5)cc4N(c4c(-c5ccccc5)cccc4-c4ccccc4)c4cc(-n5c6ccccc6c6ccccc65)cc2c43)cc1. The van der Waals surface area contributed by atoms with Gasteiger partial charge in [0.05, 0.1) is 28.1 Å². The quantitative estimate of drug-likeness (QED) is 0.133. The lowest BCUT2D eigenvalue weighted by atomic mass is 9.33. The van der Waals surface area contributed by atoms with E-state index in [2.05, 4.69) is 354 Å². The van der Waals surface area contributed by atoms with Crippen molar-refractivity contribution in [3.8, 4) is 72.4 Å². The Morgan fingerprint density at radius 1 is 0.229 bits per heavy atom. The molecular weight excluding hydrogens is 1200 g/mol. The van der Waals surface area contributed by atoms with Gasteiger partial charge in [0.1, 0.15) is 0 Å². The van der Waals surface area contributed by atoms with E-state index < -0.39 is 0 Å². The van der Waals surface area contributed by atoms with Crippen molar-refractivity contribution in [3.05, 3.63) is 340 Å². The van der Waals surface area contributed by atoms with E-state index in [0.717, 1.165) is 106 Å². The minimum Gasteiger partial charge on any atom is -0.310 e. The molecule has 20 rings (SSSR count). The average Bonchev–Trinajstić information content (AvgIpc) is 0.696. The fourth-order valence-electron chi connectivity index (χ4n) is 15.9. The Labute approximate surface area is 564 Å². The Balaban J connectivity index is 0.960. The summed E-state index contributed by atoms with van der Waals surface area (Å²) in [5.74, 6) is 0. The molecule has 0 saturated carbocycles. The van der Waals surface area contributed by atoms with E-state index >= 15 is 0 Å². The van der Waals surface area contributed by atoms with Crippen molar-refractivity contribution in [1.82, 2.24) is 4.57 Å². The third-order valence-electron chi connectivity index (χ3n) is 20.2. The summed E-state index contributed by atoms with van der Waals surface area (Å²) in [6.45, 7) is -0.220. The van der Waals surface area contributed by atoms with Gasteiger partial charge >= 0.3 is 0 Å². The summed E-state index contributed by atoms with van der Waals surface area (Å²) in [6.07, 6.45) is 0. The maximum atomic E-state index is 2.69. The summed E-state index contributed by atoms with van der Waals surface area (Å²) < 4.78 is 7.72. The third-order valence-corrected chi connectivity index (χ3v) is 22.5. The van der Waals surface area contributed by atoms with Crippen LogP contribution < -0.4 is 26.2 Å². The van der Waals surface area contributed by atoms with E-state index in [-0.39, 0.29) is 6.71 Å². The molecule has 0 amide bonds. The van der Waals surface area contributed by atoms with E-state index in [1.165, 1.54) is 78.6 Å². The first kappa shape index (κ1) is 54.7. The number of hydrogen-bond acceptors (Lipinski definition) is 4. The van der Waals surface area contributed by atoms with Gasteiger partial charge in [-0.25, -0.2) is 0 Å². The van der Waals surface area contributed by atoms with Gasteiger partial charge in [0, 0.05) is 96.1 Å². The fraction of sp³-hybridized carbons (Fsp3) is 0. The second kappa shape index (κ2) is 21.9. The molecule has 0 unspecified atom stereocenters. The molecule has 0 bridgehead atoms. The number of benzene rings is 15. The Morgan fingerprint density at radius 2 is 0.562 bits per heavy atom. The Bertz CT molecular complexity index is 5680. The van der Waals surface area contributed by atoms with Gasteiger partial charge in [0.25, 0.3) is 6.71 Å². The van der Waals surface area contributed by atoms with Crippen LogP contribution >= 0.6 is 22.7 Å². The van der Waals surface area contributed by atoms with E-state index in [1.54, 1.807) is 0 Å². The van der Waals surface area contributed by atoms with E-state index in [4.69, 9.17) is 0 Å². The summed E-state index contributed by atoms with van der Waals surface area (Å²) in [7, 11) is 0. The van der Waals surface area contributed by atoms with Crippen LogP contribution in [0.2, 0.25) is 0 Å². The number of para-hydroxylation sites is 4. The second-order valence-corrected chi connectivity index (χ2v) is 27.6. The minimum atomic E-state index is -0.220. The van der Waals surface area contributed by atoms with Crippen LogP contribution in [0.3, 0.4) is 0 Å². The van der Waals surface area contributed by atoms with Gasteiger partial charge in [-0.15, -0.1) is 22.7 Å². The van der Waals surface area contributed by atoms with Crippen molar-refractivity contribution in [2.24, 2.45) is 0 Å². The number of anilines is 6. The van der Waals surface area contributed by atoms with Crippen LogP contribution in [0.5, 0.6) is 0 Å². The van der Waals surface area contributed by atoms with E-state index in [0.29, 0.717) is 0 Å². The molecule has 0 aliphatic carbocycles. The van der Waals surface area contributed by atoms with Crippen molar-refractivity contribution in [2.75, 3.05) is 9.80 Å². The number of nitrogens with zero attached hydrogens (tertiary/aromatic N) is 3. The largest absolute Gasteiger partial charge is 0.310 e. The molecule has 3 nitrogen and oxygen atoms in total. The number of fused-ring (bicyclic) bond motifs is 13. The fourth-order valence-corrected chi connectivity index (χ4v) is 18.1. The van der Waals surface area contributed by atoms with Crippen LogP contribution in [0.4, 0.5) is 34.1 Å². The molecule has 96 heavy (non-hydrogen) atoms. The summed E-state index contributed by atoms with van der Waals surface area (Å²) in [4.78, 5) is 5.38. The topological polar surface area (TPSA) is 11.4 Å². The Morgan fingerprint density at radius 3 is 0.969 bits per heavy atom. The zero-order chi connectivity index (χ0) is 63.0. The molecule has 18 aromatic rings. The summed E-state index contributed by atoms with van der Waals surface area (Å²) in [6, 6.07) is 128. The molecule has 2 aliphatic heterocycles. The van der Waals surface area contributed by atoms with Crippen LogP contribution in [0.25, 0.3) is 135 Å². The van der Waals surface area contributed by atoms with Crippen molar-refractivity contribution in [3.63, 3.8) is 0 Å². The van der Waals surface area contributed by atoms with Gasteiger partial charge in [0.2, 0.25) is 0 Å². The molecule has 0 fully saturated rings. The van der Waals surface area contributed by atoms with Crippen LogP contribution in [-0.2, 0) is 0 Å². The van der Waals surface area contributed by atoms with E-state index in [1.807, 2.05) is 22.7 Å². The summed E-state index contributed by atoms with van der Waals surface area (Å²) >= 11 is 3.73. The van der Waals surface area contributed by atoms with Crippen LogP contribution in [0.1, 0.15) is 0 Å². The van der Waals surface area contributed by atoms with Crippen molar-refractivity contribution in [2.45, 2.75) is 0 Å². The first-order valence-electron chi connectivity index (χ1n) is 33.0. The molecule has 3 aromatic heterocycles. The molecule has 2 aliphatic rings. The monoisotopic (exact) mass is 1250 g/mol. The number of aromatic nitrogens is 1. The smallest absolute Gasteiger partial charge is 0.252 e. The maximum Gasteiger partial charge on any atom is 0.252 e. The lowest BCUT2D eigenvalue weighted by Gasteiger charge is -2.46. The molecule has 5 heterocycles. The molecule has 0 N–H and O–H groups in total. The second-order valence-electron chi connectivity index (χ2n) is 25.4. The summed E-state index contributed by atoms with van der Waals surface area (Å²) in [5, 5.41) is 7.56. The van der Waals surface area contributed by atoms with E-state index in [9.17, 15) is 0 Å². The van der Waals surface area contributed by atoms with Gasteiger partial charge in [-0.3, -0.25) is 0 Å². The molecule has 0 saturated heterocycles. The van der Waals surface area contributed by atoms with Crippen molar-refractivity contribution >= 4 is 142 Å². The normalized spacial score (nSPS) is 12.5. The number of hydrogen-bond donors (Lipinski definition) is 0. The zero-order valence-corrected chi connectivity index (χ0v) is 53.7. The lowest BCUT2D eigenvalue weighted by Crippen LogP contribution is -2.61. The van der Waals surface area contributed by atoms with Gasteiger partial charge in [-0.05, 0) is 134 Å². The first-order valence-corrected chi connectivity index (χ1v) is 34.6. The molecule has 0 atom stereocenters. The highest BCUT2D eigenvalue weighted by Crippen LogP contribution is 2.55. The standard InChI is InChI=1S/C90H56BN3S2/c1-5-23-57(24-6-1)66-35-21-36-67(58-25-7-2-8-26-58)89(66)93-80-53-63(61-45-49-86-74(51-61)72-33-15-19-41-84(72)95-86)43-47-76(80)91-77-48-44-64(62-46-50-87-75(52-62)73-34-16-20-42-85(73)96-87)54-81(77)94(90-68(59-27-9-3-10-28-59)37-22-38-69(90)60-29-11-4-12-30-60)83-56-65(55-82(93)88(83)91)92-78-39-17-13-31-70(78)71-32-14-18-40-79(71)92/h1-56H. The number of rotatable bonds is 9. The average molecular weight is 1250 g/mol. The van der Waals surface area contributed by atoms with Crippen LogP contribution in [0.15, 0.2) is 340 Å². The Kier molecular flexibility index (Phi) is 12.5. The van der Waals surface area contributed by atoms with Gasteiger partial charge in [-0.1, -0.05) is 267 Å². The lowest BCUT2D eigenvalue weighted by molar-refractivity contribution is 1.16. The van der Waals surface area contributed by atoms with Crippen LogP contribution in [0, 0.1) is 0 Å².